The first kappa shape index (κ1) is 31.1. The predicted octanol–water partition coefficient (Wildman–Crippen LogP) is 4.88. The van der Waals surface area contributed by atoms with Crippen LogP contribution in [0.4, 0.5) is 11.4 Å². The highest BCUT2D eigenvalue weighted by molar-refractivity contribution is 6.08. The highest BCUT2D eigenvalue weighted by Gasteiger charge is 2.76. The molecule has 4 aliphatic heterocycles. The van der Waals surface area contributed by atoms with Crippen LogP contribution in [0.3, 0.4) is 0 Å². The molecule has 0 saturated carbocycles. The Bertz CT molecular complexity index is 1770. The fourth-order valence-corrected chi connectivity index (χ4v) is 8.20. The van der Waals surface area contributed by atoms with Crippen LogP contribution in [0.2, 0.25) is 0 Å². The van der Waals surface area contributed by atoms with Crippen molar-refractivity contribution < 1.29 is 29.0 Å². The Morgan fingerprint density at radius 3 is 2.19 bits per heavy atom. The number of carbonyl (C=O) groups is 3. The molecule has 9 heteroatoms. The van der Waals surface area contributed by atoms with E-state index in [1.165, 1.54) is 4.90 Å². The van der Waals surface area contributed by atoms with Crippen molar-refractivity contribution in [2.45, 2.75) is 56.9 Å². The van der Waals surface area contributed by atoms with Gasteiger partial charge in [0.05, 0.1) is 36.7 Å². The highest BCUT2D eigenvalue weighted by Crippen LogP contribution is 2.59. The van der Waals surface area contributed by atoms with Gasteiger partial charge >= 0.3 is 0 Å². The Morgan fingerprint density at radius 2 is 1.51 bits per heavy atom. The number of carbonyl (C=O) groups excluding carboxylic acids is 3. The average molecular weight is 636 g/mol. The van der Waals surface area contributed by atoms with Gasteiger partial charge < -0.3 is 29.3 Å². The maximum atomic E-state index is 14.9. The van der Waals surface area contributed by atoms with Gasteiger partial charge in [-0.2, -0.15) is 0 Å². The Hall–Kier alpha value is -4.47. The molecule has 0 aromatic heterocycles. The summed E-state index contributed by atoms with van der Waals surface area (Å²) in [6, 6.07) is 19.5. The number of hydrogen-bond acceptors (Lipinski definition) is 6. The molecule has 9 nitrogen and oxygen atoms in total. The Labute approximate surface area is 275 Å². The number of hydrogen-bond donors (Lipinski definition) is 1. The van der Waals surface area contributed by atoms with Gasteiger partial charge in [-0.25, -0.2) is 0 Å². The molecular weight excluding hydrogens is 594 g/mol. The second-order valence-corrected chi connectivity index (χ2v) is 12.8. The lowest BCUT2D eigenvalue weighted by Crippen LogP contribution is -2.59. The third kappa shape index (κ3) is 4.70. The second kappa shape index (κ2) is 12.0. The molecule has 2 fully saturated rings. The van der Waals surface area contributed by atoms with Crippen LogP contribution in [-0.4, -0.2) is 77.3 Å². The van der Waals surface area contributed by atoms with Crippen LogP contribution in [-0.2, 0) is 19.1 Å². The fraction of sp³-hybridized carbons (Fsp3) is 0.395. The smallest absolute Gasteiger partial charge is 0.253 e. The monoisotopic (exact) mass is 635 g/mol. The van der Waals surface area contributed by atoms with Crippen LogP contribution in [0, 0.1) is 11.8 Å². The number of nitrogens with zero attached hydrogens (tertiary/aromatic N) is 3. The Kier molecular flexibility index (Phi) is 7.92. The third-order valence-electron chi connectivity index (χ3n) is 10.5. The van der Waals surface area contributed by atoms with Crippen LogP contribution in [0.15, 0.2) is 91.0 Å². The van der Waals surface area contributed by atoms with Gasteiger partial charge in [0.15, 0.2) is 0 Å². The number of aliphatic hydroxyl groups is 1. The number of amides is 3. The zero-order valence-corrected chi connectivity index (χ0v) is 27.0. The SMILES string of the molecule is CCOc1ccc(N2CC=C[C@@]3(CC)O[C@]45C=CCN(c6ccc7ccccc7c6)C(=O)C4N([C@@H](CC)CO)C(=O)[C@@H]5[C@H]3C2=O)cc1. The zero-order valence-electron chi connectivity index (χ0n) is 27.0. The van der Waals surface area contributed by atoms with Gasteiger partial charge in [-0.05, 0) is 66.9 Å². The van der Waals surface area contributed by atoms with Crippen molar-refractivity contribution in [3.05, 3.63) is 91.0 Å². The summed E-state index contributed by atoms with van der Waals surface area (Å²) in [5.41, 5.74) is -1.12. The quantitative estimate of drug-likeness (QED) is 0.355. The first-order valence-corrected chi connectivity index (χ1v) is 16.7. The molecule has 47 heavy (non-hydrogen) atoms. The van der Waals surface area contributed by atoms with E-state index >= 15 is 0 Å². The van der Waals surface area contributed by atoms with Crippen molar-refractivity contribution in [2.24, 2.45) is 11.8 Å². The number of anilines is 2. The molecule has 3 aromatic rings. The minimum atomic E-state index is -1.41. The van der Waals surface area contributed by atoms with Gasteiger partial charge in [0.2, 0.25) is 11.8 Å². The summed E-state index contributed by atoms with van der Waals surface area (Å²) >= 11 is 0. The molecule has 0 radical (unpaired) electrons. The molecule has 0 bridgehead atoms. The number of benzene rings is 3. The first-order chi connectivity index (χ1) is 22.8. The lowest BCUT2D eigenvalue weighted by atomic mass is 9.73. The van der Waals surface area contributed by atoms with Gasteiger partial charge in [0.1, 0.15) is 17.4 Å². The molecule has 6 atom stereocenters. The molecule has 3 aromatic carbocycles. The second-order valence-electron chi connectivity index (χ2n) is 12.8. The van der Waals surface area contributed by atoms with Gasteiger partial charge in [-0.15, -0.1) is 0 Å². The van der Waals surface area contributed by atoms with Gasteiger partial charge in [-0.1, -0.05) is 68.5 Å². The minimum Gasteiger partial charge on any atom is -0.494 e. The maximum Gasteiger partial charge on any atom is 0.253 e. The van der Waals surface area contributed by atoms with Crippen LogP contribution in [0.25, 0.3) is 10.8 Å². The molecule has 4 heterocycles. The highest BCUT2D eigenvalue weighted by atomic mass is 16.5. The molecule has 244 valence electrons. The molecule has 1 N–H and O–H groups in total. The summed E-state index contributed by atoms with van der Waals surface area (Å²) in [5.74, 6) is -2.02. The third-order valence-corrected chi connectivity index (χ3v) is 10.5. The van der Waals surface area contributed by atoms with Gasteiger partial charge in [0.25, 0.3) is 5.91 Å². The van der Waals surface area contributed by atoms with E-state index in [2.05, 4.69) is 0 Å². The molecule has 2 saturated heterocycles. The summed E-state index contributed by atoms with van der Waals surface area (Å²) in [6.45, 7) is 6.56. The maximum absolute atomic E-state index is 14.9. The molecule has 0 aliphatic carbocycles. The first-order valence-electron chi connectivity index (χ1n) is 16.7. The van der Waals surface area contributed by atoms with Crippen molar-refractivity contribution in [1.29, 1.82) is 0 Å². The molecule has 7 rings (SSSR count). The zero-order chi connectivity index (χ0) is 32.9. The van der Waals surface area contributed by atoms with Gasteiger partial charge in [0, 0.05) is 24.5 Å². The average Bonchev–Trinajstić information content (AvgIpc) is 3.38. The lowest BCUT2D eigenvalue weighted by molar-refractivity contribution is -0.149. The standard InChI is InChI=1S/C38H41N3O6/c1-4-27(24-42)41-33-36(45)40(29-14-13-25-11-7-8-12-26(25)23-29)22-10-20-38(33)32(35(41)44)31-34(43)39(21-9-19-37(31,5-2)47-38)28-15-17-30(18-16-28)46-6-3/h7-20,23,27,31-33,42H,4-6,21-22,24H2,1-3H3/t27-,31-,32-,33?,37+,38-/m0/s1. The summed E-state index contributed by atoms with van der Waals surface area (Å²) in [7, 11) is 0. The van der Waals surface area contributed by atoms with Crippen molar-refractivity contribution in [3.8, 4) is 5.75 Å². The van der Waals surface area contributed by atoms with E-state index in [0.717, 1.165) is 10.8 Å². The molecular formula is C38H41N3O6. The van der Waals surface area contributed by atoms with E-state index in [-0.39, 0.29) is 30.9 Å². The number of rotatable bonds is 8. The van der Waals surface area contributed by atoms with Crippen molar-refractivity contribution in [3.63, 3.8) is 0 Å². The summed E-state index contributed by atoms with van der Waals surface area (Å²) in [5, 5.41) is 12.6. The van der Waals surface area contributed by atoms with E-state index in [4.69, 9.17) is 9.47 Å². The predicted molar refractivity (Wildman–Crippen MR) is 180 cm³/mol. The summed E-state index contributed by atoms with van der Waals surface area (Å²) in [6.07, 6.45) is 8.48. The van der Waals surface area contributed by atoms with E-state index < -0.39 is 35.1 Å². The normalized spacial score (nSPS) is 29.1. The topological polar surface area (TPSA) is 99.6 Å². The Morgan fingerprint density at radius 1 is 0.830 bits per heavy atom. The van der Waals surface area contributed by atoms with Gasteiger partial charge in [-0.3, -0.25) is 14.4 Å². The van der Waals surface area contributed by atoms with E-state index in [9.17, 15) is 19.5 Å². The van der Waals surface area contributed by atoms with Crippen molar-refractivity contribution >= 4 is 39.9 Å². The largest absolute Gasteiger partial charge is 0.494 e. The van der Waals surface area contributed by atoms with Crippen LogP contribution < -0.4 is 14.5 Å². The summed E-state index contributed by atoms with van der Waals surface area (Å²) in [4.78, 5) is 49.4. The van der Waals surface area contributed by atoms with Crippen molar-refractivity contribution in [1.82, 2.24) is 4.90 Å². The lowest BCUT2D eigenvalue weighted by Gasteiger charge is -2.40. The molecule has 1 unspecified atom stereocenters. The van der Waals surface area contributed by atoms with Crippen LogP contribution >= 0.6 is 0 Å². The number of likely N-dealkylation sites (tertiary alicyclic amines) is 1. The van der Waals surface area contributed by atoms with Crippen LogP contribution in [0.1, 0.15) is 33.6 Å². The Balaban J connectivity index is 1.34. The van der Waals surface area contributed by atoms with E-state index in [0.29, 0.717) is 43.1 Å². The molecule has 3 amide bonds. The van der Waals surface area contributed by atoms with E-state index in [1.807, 2.05) is 112 Å². The van der Waals surface area contributed by atoms with E-state index in [1.54, 1.807) is 9.80 Å². The van der Waals surface area contributed by atoms with Crippen molar-refractivity contribution in [2.75, 3.05) is 36.1 Å². The number of aliphatic hydroxyl groups excluding tert-OH is 1. The summed E-state index contributed by atoms with van der Waals surface area (Å²) < 4.78 is 12.7. The minimum absolute atomic E-state index is 0.231. The number of fused-ring (bicyclic) bond motifs is 3. The fourth-order valence-electron chi connectivity index (χ4n) is 8.20. The molecule has 1 spiro atoms. The van der Waals surface area contributed by atoms with Crippen LogP contribution in [0.5, 0.6) is 5.75 Å². The molecule has 4 aliphatic rings. The number of ether oxygens (including phenoxy) is 2.